The molecule has 0 aliphatic heterocycles. The van der Waals surface area contributed by atoms with Gasteiger partial charge in [0.05, 0.1) is 14.9 Å². The van der Waals surface area contributed by atoms with Gasteiger partial charge >= 0.3 is 12.1 Å². The Hall–Kier alpha value is -2.30. The number of carboxylic acids is 1. The highest BCUT2D eigenvalue weighted by molar-refractivity contribution is 7.89. The third-order valence-electron chi connectivity index (χ3n) is 4.64. The maximum atomic E-state index is 13.1. The maximum absolute atomic E-state index is 13.1. The Kier molecular flexibility index (Phi) is 7.75. The Bertz CT molecular complexity index is 1420. The Balaban J connectivity index is 2.08. The second-order valence-electron chi connectivity index (χ2n) is 7.84. The molecule has 10 nitrogen and oxygen atoms in total. The summed E-state index contributed by atoms with van der Waals surface area (Å²) in [5.41, 5.74) is -2.03. The number of thiazole rings is 1. The number of sulfonamides is 1. The molecule has 2 heterocycles. The second-order valence-corrected chi connectivity index (χ2v) is 11.3. The molecule has 17 heteroatoms. The van der Waals surface area contributed by atoms with Crippen LogP contribution in [0.5, 0.6) is 0 Å². The van der Waals surface area contributed by atoms with E-state index in [-0.39, 0.29) is 27.2 Å². The molecule has 0 aliphatic carbocycles. The highest BCUT2D eigenvalue weighted by atomic mass is 35.5. The quantitative estimate of drug-likeness (QED) is 0.339. The van der Waals surface area contributed by atoms with Crippen LogP contribution in [-0.2, 0) is 15.6 Å². The molecule has 0 unspecified atom stereocenters. The number of aromatic carboxylic acids is 1. The largest absolute Gasteiger partial charge is 0.476 e. The first-order valence-electron chi connectivity index (χ1n) is 9.85. The van der Waals surface area contributed by atoms with E-state index in [0.29, 0.717) is 0 Å². The number of nitrogens with one attached hydrogen (secondary N) is 1. The van der Waals surface area contributed by atoms with E-state index in [2.05, 4.69) is 15.2 Å². The van der Waals surface area contributed by atoms with E-state index in [1.807, 2.05) is 0 Å². The van der Waals surface area contributed by atoms with E-state index in [4.69, 9.17) is 27.6 Å². The van der Waals surface area contributed by atoms with Crippen molar-refractivity contribution in [2.75, 3.05) is 0 Å². The van der Waals surface area contributed by atoms with Crippen molar-refractivity contribution in [1.29, 1.82) is 0 Å². The molecule has 2 aromatic heterocycles. The van der Waals surface area contributed by atoms with Crippen molar-refractivity contribution >= 4 is 50.5 Å². The van der Waals surface area contributed by atoms with Gasteiger partial charge in [0, 0.05) is 5.56 Å². The minimum atomic E-state index is -4.84. The second kappa shape index (κ2) is 9.87. The first kappa shape index (κ1) is 28.3. The number of aromatic nitrogens is 3. The Labute approximate surface area is 216 Å². The molecule has 0 saturated heterocycles. The third-order valence-corrected chi connectivity index (χ3v) is 8.23. The summed E-state index contributed by atoms with van der Waals surface area (Å²) in [5, 5.41) is 25.9. The van der Waals surface area contributed by atoms with Crippen molar-refractivity contribution in [1.82, 2.24) is 19.9 Å². The van der Waals surface area contributed by atoms with Gasteiger partial charge < -0.3 is 14.6 Å². The predicted molar refractivity (Wildman–Crippen MR) is 124 cm³/mol. The molecule has 36 heavy (non-hydrogen) atoms. The average Bonchev–Trinajstić information content (AvgIpc) is 3.40. The number of carbonyl (C=O) groups is 1. The van der Waals surface area contributed by atoms with Gasteiger partial charge in [-0.05, 0) is 26.3 Å². The molecule has 1 aromatic carbocycles. The summed E-state index contributed by atoms with van der Waals surface area (Å²) >= 11 is 13.1. The summed E-state index contributed by atoms with van der Waals surface area (Å²) < 4.78 is 71.4. The van der Waals surface area contributed by atoms with Crippen LogP contribution in [0.25, 0.3) is 21.3 Å². The highest BCUT2D eigenvalue weighted by Crippen LogP contribution is 2.43. The lowest BCUT2D eigenvalue weighted by Crippen LogP contribution is -2.44. The molecule has 3 aromatic rings. The van der Waals surface area contributed by atoms with Gasteiger partial charge in [0.1, 0.15) is 16.5 Å². The molecule has 3 N–H and O–H groups in total. The number of benzene rings is 1. The van der Waals surface area contributed by atoms with E-state index in [1.54, 1.807) is 4.72 Å². The van der Waals surface area contributed by atoms with E-state index >= 15 is 0 Å². The summed E-state index contributed by atoms with van der Waals surface area (Å²) in [5.74, 6) is -1.83. The zero-order valence-corrected chi connectivity index (χ0v) is 21.7. The van der Waals surface area contributed by atoms with Crippen molar-refractivity contribution in [3.05, 3.63) is 33.8 Å². The van der Waals surface area contributed by atoms with Crippen LogP contribution in [0.1, 0.15) is 43.6 Å². The Morgan fingerprint density at radius 1 is 1.22 bits per heavy atom. The minimum absolute atomic E-state index is 0.0491. The molecule has 0 bridgehead atoms. The van der Waals surface area contributed by atoms with Crippen LogP contribution >= 0.6 is 34.5 Å². The van der Waals surface area contributed by atoms with Gasteiger partial charge in [-0.1, -0.05) is 36.2 Å². The van der Waals surface area contributed by atoms with Crippen LogP contribution in [0.2, 0.25) is 10.0 Å². The van der Waals surface area contributed by atoms with E-state index in [1.165, 1.54) is 13.8 Å². The van der Waals surface area contributed by atoms with Crippen molar-refractivity contribution in [3.8, 4) is 21.3 Å². The van der Waals surface area contributed by atoms with Crippen molar-refractivity contribution in [3.63, 3.8) is 0 Å². The highest BCUT2D eigenvalue weighted by Gasteiger charge is 2.41. The monoisotopic (exact) mass is 588 g/mol. The van der Waals surface area contributed by atoms with Gasteiger partial charge in [0.15, 0.2) is 10.7 Å². The van der Waals surface area contributed by atoms with Crippen molar-refractivity contribution in [2.24, 2.45) is 0 Å². The van der Waals surface area contributed by atoms with Crippen molar-refractivity contribution < 1.29 is 41.0 Å². The van der Waals surface area contributed by atoms with Crippen LogP contribution in [0, 0.1) is 0 Å². The molecule has 196 valence electrons. The fourth-order valence-corrected chi connectivity index (χ4v) is 6.08. The lowest BCUT2D eigenvalue weighted by atomic mass is 10.1. The van der Waals surface area contributed by atoms with Crippen LogP contribution in [0.4, 0.5) is 13.2 Å². The summed E-state index contributed by atoms with van der Waals surface area (Å²) in [6.45, 7) is 3.94. The van der Waals surface area contributed by atoms with Crippen LogP contribution < -0.4 is 4.72 Å². The van der Waals surface area contributed by atoms with E-state index < -0.39 is 60.9 Å². The van der Waals surface area contributed by atoms with Gasteiger partial charge in [0.2, 0.25) is 15.9 Å². The van der Waals surface area contributed by atoms with E-state index in [9.17, 15) is 36.6 Å². The number of halogens is 5. The Morgan fingerprint density at radius 3 is 2.36 bits per heavy atom. The lowest BCUT2D eigenvalue weighted by Gasteiger charge is -2.20. The summed E-state index contributed by atoms with van der Waals surface area (Å²) in [4.78, 5) is 15.0. The molecule has 0 saturated carbocycles. The SMILES string of the molecule is CC[C@H](NS(=O)(=O)c1ccc(-c2sc(-c3nnc(C(C)(C)O)o3)nc2C(=O)O)c(Cl)c1Cl)C(F)(F)F. The standard InChI is InChI=1S/C19H17Cl2F3N4O6S2/c1-4-9(19(22,23)24)28-36(32,33)8-6-5-7(10(20)11(8)21)13-12(16(29)30)25-15(35-13)14-26-27-17(34-14)18(2,3)31/h5-6,9,28,31H,4H2,1-3H3,(H,29,30)/t9-/m0/s1. The summed E-state index contributed by atoms with van der Waals surface area (Å²) in [6.07, 6.45) is -5.41. The first-order valence-corrected chi connectivity index (χ1v) is 12.9. The molecule has 0 fully saturated rings. The first-order chi connectivity index (χ1) is 16.5. The normalized spacial score (nSPS) is 13.7. The minimum Gasteiger partial charge on any atom is -0.476 e. The zero-order chi connectivity index (χ0) is 27.2. The van der Waals surface area contributed by atoms with Gasteiger partial charge in [0.25, 0.3) is 5.89 Å². The summed E-state index contributed by atoms with van der Waals surface area (Å²) in [7, 11) is -4.75. The number of hydrogen-bond donors (Lipinski definition) is 3. The average molecular weight is 589 g/mol. The fraction of sp³-hybridized carbons (Fsp3) is 0.368. The number of nitrogens with zero attached hydrogens (tertiary/aromatic N) is 3. The molecule has 1 atom stereocenters. The van der Waals surface area contributed by atoms with Crippen molar-refractivity contribution in [2.45, 2.75) is 49.9 Å². The third kappa shape index (κ3) is 5.65. The predicted octanol–water partition coefficient (Wildman–Crippen LogP) is 4.71. The zero-order valence-electron chi connectivity index (χ0n) is 18.5. The molecular weight excluding hydrogens is 572 g/mol. The molecule has 3 rings (SSSR count). The summed E-state index contributed by atoms with van der Waals surface area (Å²) in [6, 6.07) is -0.362. The molecule has 0 radical (unpaired) electrons. The van der Waals surface area contributed by atoms with Crippen LogP contribution in [-0.4, -0.2) is 52.0 Å². The lowest BCUT2D eigenvalue weighted by molar-refractivity contribution is -0.151. The molecular formula is C19H17Cl2F3N4O6S2. The maximum Gasteiger partial charge on any atom is 0.404 e. The number of rotatable bonds is 8. The fourth-order valence-electron chi connectivity index (χ4n) is 2.84. The number of alkyl halides is 3. The number of aliphatic hydroxyl groups is 1. The topological polar surface area (TPSA) is 156 Å². The van der Waals surface area contributed by atoms with Gasteiger partial charge in [-0.3, -0.25) is 0 Å². The molecule has 0 amide bonds. The smallest absolute Gasteiger partial charge is 0.404 e. The van der Waals surface area contributed by atoms with Crippen LogP contribution in [0.15, 0.2) is 21.4 Å². The van der Waals surface area contributed by atoms with Gasteiger partial charge in [-0.2, -0.15) is 17.9 Å². The van der Waals surface area contributed by atoms with E-state index in [0.717, 1.165) is 30.4 Å². The van der Waals surface area contributed by atoms with Gasteiger partial charge in [-0.15, -0.1) is 21.5 Å². The van der Waals surface area contributed by atoms with Gasteiger partial charge in [-0.25, -0.2) is 18.2 Å². The Morgan fingerprint density at radius 2 is 1.86 bits per heavy atom. The van der Waals surface area contributed by atoms with Crippen LogP contribution in [0.3, 0.4) is 0 Å². The number of carboxylic acid groups (broad SMARTS) is 1. The molecule has 0 aliphatic rings. The molecule has 0 spiro atoms. The number of hydrogen-bond acceptors (Lipinski definition) is 9.